The number of nitrogens with zero attached hydrogens (tertiary/aromatic N) is 1. The Morgan fingerprint density at radius 1 is 1.04 bits per heavy atom. The molecule has 0 saturated carbocycles. The second-order valence-electron chi connectivity index (χ2n) is 6.87. The lowest BCUT2D eigenvalue weighted by atomic mass is 9.96. The number of piperidine rings is 1. The standard InChI is InChI=1S/C21H19NO5/c23-19-11-22(10-9-17(19)20(24)25)21(26)27-12-18-15-7-3-1-5-13(15)14-6-2-4-8-16(14)18/h1-8,17-18H,9-12H2,(H,24,25). The maximum atomic E-state index is 12.4. The van der Waals surface area contributed by atoms with Crippen LogP contribution in [0.25, 0.3) is 11.1 Å². The molecule has 1 saturated heterocycles. The molecule has 2 aromatic rings. The quantitative estimate of drug-likeness (QED) is 0.846. The van der Waals surface area contributed by atoms with E-state index in [9.17, 15) is 14.4 Å². The fraction of sp³-hybridized carbons (Fsp3) is 0.286. The lowest BCUT2D eigenvalue weighted by molar-refractivity contribution is -0.148. The van der Waals surface area contributed by atoms with E-state index in [1.807, 2.05) is 36.4 Å². The van der Waals surface area contributed by atoms with Crippen molar-refractivity contribution < 1.29 is 24.2 Å². The van der Waals surface area contributed by atoms with Crippen LogP contribution in [0.5, 0.6) is 0 Å². The number of amides is 1. The Balaban J connectivity index is 1.46. The van der Waals surface area contributed by atoms with Crippen LogP contribution in [0.2, 0.25) is 0 Å². The molecule has 4 rings (SSSR count). The fourth-order valence-corrected chi connectivity index (χ4v) is 3.93. The van der Waals surface area contributed by atoms with Gasteiger partial charge in [-0.25, -0.2) is 4.79 Å². The summed E-state index contributed by atoms with van der Waals surface area (Å²) in [7, 11) is 0. The summed E-state index contributed by atoms with van der Waals surface area (Å²) < 4.78 is 5.51. The van der Waals surface area contributed by atoms with E-state index in [1.54, 1.807) is 0 Å². The molecule has 1 fully saturated rings. The van der Waals surface area contributed by atoms with Crippen LogP contribution in [0.4, 0.5) is 4.79 Å². The molecule has 1 aliphatic carbocycles. The first kappa shape index (κ1) is 17.3. The number of likely N-dealkylation sites (tertiary alicyclic amines) is 1. The molecule has 27 heavy (non-hydrogen) atoms. The van der Waals surface area contributed by atoms with Gasteiger partial charge < -0.3 is 14.7 Å². The Labute approximate surface area is 156 Å². The van der Waals surface area contributed by atoms with Crippen LogP contribution in [-0.4, -0.2) is 47.5 Å². The van der Waals surface area contributed by atoms with Gasteiger partial charge in [-0.3, -0.25) is 9.59 Å². The van der Waals surface area contributed by atoms with E-state index in [1.165, 1.54) is 4.90 Å². The summed E-state index contributed by atoms with van der Waals surface area (Å²) in [6.07, 6.45) is -0.452. The van der Waals surface area contributed by atoms with Crippen molar-refractivity contribution in [2.24, 2.45) is 5.92 Å². The number of aliphatic carboxylic acids is 1. The van der Waals surface area contributed by atoms with Gasteiger partial charge in [-0.2, -0.15) is 0 Å². The minimum atomic E-state index is -1.13. The van der Waals surface area contributed by atoms with Gasteiger partial charge in [0.2, 0.25) is 0 Å². The zero-order valence-electron chi connectivity index (χ0n) is 14.6. The number of fused-ring (bicyclic) bond motifs is 3. The third kappa shape index (κ3) is 3.07. The van der Waals surface area contributed by atoms with Gasteiger partial charge in [0.1, 0.15) is 12.5 Å². The summed E-state index contributed by atoms with van der Waals surface area (Å²) in [5.41, 5.74) is 4.53. The van der Waals surface area contributed by atoms with Gasteiger partial charge in [0, 0.05) is 12.5 Å². The molecule has 1 heterocycles. The maximum Gasteiger partial charge on any atom is 0.410 e. The van der Waals surface area contributed by atoms with E-state index in [2.05, 4.69) is 12.1 Å². The molecule has 0 bridgehead atoms. The molecule has 6 heteroatoms. The normalized spacial score (nSPS) is 18.7. The monoisotopic (exact) mass is 365 g/mol. The predicted octanol–water partition coefficient (Wildman–Crippen LogP) is 2.91. The summed E-state index contributed by atoms with van der Waals surface area (Å²) in [6.45, 7) is 0.174. The van der Waals surface area contributed by atoms with Crippen molar-refractivity contribution in [1.82, 2.24) is 4.90 Å². The van der Waals surface area contributed by atoms with E-state index >= 15 is 0 Å². The van der Waals surface area contributed by atoms with Gasteiger partial charge in [0.05, 0.1) is 6.54 Å². The number of ketones is 1. The van der Waals surface area contributed by atoms with Gasteiger partial charge in [-0.05, 0) is 28.7 Å². The summed E-state index contributed by atoms with van der Waals surface area (Å²) in [4.78, 5) is 36.6. The van der Waals surface area contributed by atoms with E-state index < -0.39 is 23.8 Å². The van der Waals surface area contributed by atoms with Crippen molar-refractivity contribution in [3.05, 3.63) is 59.7 Å². The number of benzene rings is 2. The van der Waals surface area contributed by atoms with Crippen molar-refractivity contribution in [2.45, 2.75) is 12.3 Å². The Morgan fingerprint density at radius 3 is 2.19 bits per heavy atom. The predicted molar refractivity (Wildman–Crippen MR) is 97.4 cm³/mol. The van der Waals surface area contributed by atoms with Crippen LogP contribution in [0.3, 0.4) is 0 Å². The first-order chi connectivity index (χ1) is 13.1. The maximum absolute atomic E-state index is 12.4. The highest BCUT2D eigenvalue weighted by atomic mass is 16.6. The molecular weight excluding hydrogens is 346 g/mol. The topological polar surface area (TPSA) is 83.9 Å². The number of hydrogen-bond donors (Lipinski definition) is 1. The number of carboxylic acids is 1. The molecule has 2 aromatic carbocycles. The van der Waals surface area contributed by atoms with E-state index in [-0.39, 0.29) is 32.0 Å². The highest BCUT2D eigenvalue weighted by Crippen LogP contribution is 2.44. The zero-order chi connectivity index (χ0) is 19.0. The van der Waals surface area contributed by atoms with Gasteiger partial charge in [0.15, 0.2) is 5.78 Å². The Hall–Kier alpha value is -3.15. The molecule has 1 aliphatic heterocycles. The highest BCUT2D eigenvalue weighted by molar-refractivity contribution is 6.00. The molecule has 1 unspecified atom stereocenters. The average Bonchev–Trinajstić information content (AvgIpc) is 2.99. The first-order valence-corrected chi connectivity index (χ1v) is 8.91. The van der Waals surface area contributed by atoms with E-state index in [0.29, 0.717) is 0 Å². The SMILES string of the molecule is O=C(O)C1CCN(C(=O)OCC2c3ccccc3-c3ccccc32)CC1=O. The minimum absolute atomic E-state index is 0.0476. The van der Waals surface area contributed by atoms with Gasteiger partial charge >= 0.3 is 12.1 Å². The lowest BCUT2D eigenvalue weighted by Crippen LogP contribution is -2.46. The number of ether oxygens (including phenoxy) is 1. The molecular formula is C21H19NO5. The lowest BCUT2D eigenvalue weighted by Gasteiger charge is -2.28. The van der Waals surface area contributed by atoms with Crippen LogP contribution < -0.4 is 0 Å². The van der Waals surface area contributed by atoms with Crippen molar-refractivity contribution in [2.75, 3.05) is 19.7 Å². The number of carbonyl (C=O) groups is 3. The van der Waals surface area contributed by atoms with Gasteiger partial charge in [-0.15, -0.1) is 0 Å². The fourth-order valence-electron chi connectivity index (χ4n) is 3.93. The highest BCUT2D eigenvalue weighted by Gasteiger charge is 2.35. The number of carboxylic acid groups (broad SMARTS) is 1. The summed E-state index contributed by atoms with van der Waals surface area (Å²) in [6, 6.07) is 16.1. The third-order valence-corrected chi connectivity index (χ3v) is 5.32. The Morgan fingerprint density at radius 2 is 1.63 bits per heavy atom. The summed E-state index contributed by atoms with van der Waals surface area (Å²) in [5, 5.41) is 9.01. The van der Waals surface area contributed by atoms with Gasteiger partial charge in [0.25, 0.3) is 0 Å². The summed E-state index contributed by atoms with van der Waals surface area (Å²) in [5.74, 6) is -2.66. The van der Waals surface area contributed by atoms with Crippen LogP contribution >= 0.6 is 0 Å². The largest absolute Gasteiger partial charge is 0.481 e. The van der Waals surface area contributed by atoms with Crippen LogP contribution in [0.15, 0.2) is 48.5 Å². The number of carbonyl (C=O) groups excluding carboxylic acids is 2. The molecule has 1 N–H and O–H groups in total. The van der Waals surface area contributed by atoms with Crippen LogP contribution in [-0.2, 0) is 14.3 Å². The number of Topliss-reactive ketones (excluding diaryl/α,β-unsaturated/α-hetero) is 1. The molecule has 0 spiro atoms. The number of rotatable bonds is 3. The average molecular weight is 365 g/mol. The van der Waals surface area contributed by atoms with Crippen molar-refractivity contribution >= 4 is 17.8 Å². The minimum Gasteiger partial charge on any atom is -0.481 e. The third-order valence-electron chi connectivity index (χ3n) is 5.32. The molecule has 2 aliphatic rings. The van der Waals surface area contributed by atoms with Crippen molar-refractivity contribution in [1.29, 1.82) is 0 Å². The summed E-state index contributed by atoms with van der Waals surface area (Å²) >= 11 is 0. The smallest absolute Gasteiger partial charge is 0.410 e. The first-order valence-electron chi connectivity index (χ1n) is 8.91. The molecule has 0 aromatic heterocycles. The van der Waals surface area contributed by atoms with Gasteiger partial charge in [-0.1, -0.05) is 48.5 Å². The Kier molecular flexibility index (Phi) is 4.39. The molecule has 6 nitrogen and oxygen atoms in total. The second kappa shape index (κ2) is 6.87. The van der Waals surface area contributed by atoms with Crippen LogP contribution in [0, 0.1) is 5.92 Å². The second-order valence-corrected chi connectivity index (χ2v) is 6.87. The van der Waals surface area contributed by atoms with Crippen LogP contribution in [0.1, 0.15) is 23.5 Å². The zero-order valence-corrected chi connectivity index (χ0v) is 14.6. The van der Waals surface area contributed by atoms with E-state index in [0.717, 1.165) is 22.3 Å². The Bertz CT molecular complexity index is 877. The molecule has 138 valence electrons. The van der Waals surface area contributed by atoms with Crippen molar-refractivity contribution in [3.8, 4) is 11.1 Å². The molecule has 1 amide bonds. The molecule has 0 radical (unpaired) electrons. The van der Waals surface area contributed by atoms with Crippen molar-refractivity contribution in [3.63, 3.8) is 0 Å². The number of hydrogen-bond acceptors (Lipinski definition) is 4. The molecule has 1 atom stereocenters. The van der Waals surface area contributed by atoms with E-state index in [4.69, 9.17) is 9.84 Å².